The maximum atomic E-state index is 11.8. The summed E-state index contributed by atoms with van der Waals surface area (Å²) in [4.78, 5) is 11.4. The van der Waals surface area contributed by atoms with Crippen molar-refractivity contribution in [1.29, 1.82) is 0 Å². The van der Waals surface area contributed by atoms with Crippen LogP contribution in [0.25, 0.3) is 0 Å². The fourth-order valence-corrected chi connectivity index (χ4v) is 2.97. The molecule has 2 heterocycles. The summed E-state index contributed by atoms with van der Waals surface area (Å²) in [7, 11) is 0. The molecule has 0 unspecified atom stereocenters. The van der Waals surface area contributed by atoms with E-state index < -0.39 is 0 Å². The fraction of sp³-hybridized carbons (Fsp3) is 0.700. The second-order valence-electron chi connectivity index (χ2n) is 3.78. The summed E-state index contributed by atoms with van der Waals surface area (Å²) in [6.45, 7) is 3.91. The maximum absolute atomic E-state index is 11.8. The van der Waals surface area contributed by atoms with Crippen LogP contribution in [0.3, 0.4) is 0 Å². The quantitative estimate of drug-likeness (QED) is 0.601. The molecule has 2 aliphatic rings. The first-order chi connectivity index (χ1) is 6.10. The highest BCUT2D eigenvalue weighted by Gasteiger charge is 2.51. The Kier molecular flexibility index (Phi) is 2.04. The van der Waals surface area contributed by atoms with Crippen LogP contribution in [0, 0.1) is 11.8 Å². The zero-order chi connectivity index (χ0) is 9.64. The minimum absolute atomic E-state index is 0.0103. The van der Waals surface area contributed by atoms with Gasteiger partial charge in [-0.15, -0.1) is 11.8 Å². The standard InChI is InChI=1S/C10H14O2S/c1-6-8-4-5-10(12-8,13-3)7(2)9(6)11/h4-8H,1-3H3/t6-,7-,8+,10+/m0/s1. The number of ketones is 1. The van der Waals surface area contributed by atoms with Gasteiger partial charge in [-0.1, -0.05) is 19.9 Å². The average molecular weight is 198 g/mol. The molecule has 3 heteroatoms. The maximum Gasteiger partial charge on any atom is 0.145 e. The van der Waals surface area contributed by atoms with Gasteiger partial charge in [0.15, 0.2) is 0 Å². The summed E-state index contributed by atoms with van der Waals surface area (Å²) in [5, 5.41) is 0. The van der Waals surface area contributed by atoms with E-state index in [0.29, 0.717) is 5.78 Å². The van der Waals surface area contributed by atoms with E-state index >= 15 is 0 Å². The first kappa shape index (κ1) is 9.28. The molecule has 2 aliphatic heterocycles. The van der Waals surface area contributed by atoms with Crippen molar-refractivity contribution in [2.24, 2.45) is 11.8 Å². The molecule has 13 heavy (non-hydrogen) atoms. The molecule has 4 atom stereocenters. The third-order valence-electron chi connectivity index (χ3n) is 3.13. The lowest BCUT2D eigenvalue weighted by Crippen LogP contribution is -2.47. The SMILES string of the molecule is CS[C@@]12C=C[C@@H](O1)[C@H](C)C(=O)[C@@H]2C. The lowest BCUT2D eigenvalue weighted by molar-refractivity contribution is -0.146. The van der Waals surface area contributed by atoms with Crippen LogP contribution in [-0.4, -0.2) is 23.1 Å². The molecule has 0 aromatic carbocycles. The van der Waals surface area contributed by atoms with E-state index in [-0.39, 0.29) is 22.9 Å². The smallest absolute Gasteiger partial charge is 0.145 e. The molecule has 0 radical (unpaired) electrons. The summed E-state index contributed by atoms with van der Waals surface area (Å²) in [5.41, 5.74) is 0. The Morgan fingerprint density at radius 1 is 1.54 bits per heavy atom. The van der Waals surface area contributed by atoms with Gasteiger partial charge in [0.2, 0.25) is 0 Å². The highest BCUT2D eigenvalue weighted by Crippen LogP contribution is 2.46. The van der Waals surface area contributed by atoms with Crippen LogP contribution in [-0.2, 0) is 9.53 Å². The number of ether oxygens (including phenoxy) is 1. The van der Waals surface area contributed by atoms with Gasteiger partial charge in [0.1, 0.15) is 10.7 Å². The fourth-order valence-electron chi connectivity index (χ4n) is 2.08. The summed E-state index contributed by atoms with van der Waals surface area (Å²) in [6, 6.07) is 0. The van der Waals surface area contributed by atoms with Crippen molar-refractivity contribution in [1.82, 2.24) is 0 Å². The minimum Gasteiger partial charge on any atom is -0.352 e. The lowest BCUT2D eigenvalue weighted by atomic mass is 9.87. The van der Waals surface area contributed by atoms with Crippen molar-refractivity contribution in [3.63, 3.8) is 0 Å². The van der Waals surface area contributed by atoms with Gasteiger partial charge in [-0.25, -0.2) is 0 Å². The van der Waals surface area contributed by atoms with Crippen LogP contribution < -0.4 is 0 Å². The number of Topliss-reactive ketones (excluding diaryl/α,β-unsaturated/α-hetero) is 1. The highest BCUT2D eigenvalue weighted by molar-refractivity contribution is 8.00. The van der Waals surface area contributed by atoms with Crippen LogP contribution in [0.5, 0.6) is 0 Å². The van der Waals surface area contributed by atoms with Gasteiger partial charge in [-0.05, 0) is 12.3 Å². The van der Waals surface area contributed by atoms with E-state index in [9.17, 15) is 4.79 Å². The molecule has 0 spiro atoms. The normalized spacial score (nSPS) is 48.5. The zero-order valence-electron chi connectivity index (χ0n) is 8.11. The lowest BCUT2D eigenvalue weighted by Gasteiger charge is -2.39. The molecule has 2 nitrogen and oxygen atoms in total. The molecule has 0 amide bonds. The van der Waals surface area contributed by atoms with Crippen molar-refractivity contribution in [2.75, 3.05) is 6.26 Å². The van der Waals surface area contributed by atoms with Crippen molar-refractivity contribution >= 4 is 17.5 Å². The van der Waals surface area contributed by atoms with Crippen LogP contribution >= 0.6 is 11.8 Å². The van der Waals surface area contributed by atoms with E-state index in [1.807, 2.05) is 26.2 Å². The first-order valence-corrected chi connectivity index (χ1v) is 5.79. The summed E-state index contributed by atoms with van der Waals surface area (Å²) in [5.74, 6) is 0.331. The van der Waals surface area contributed by atoms with Crippen molar-refractivity contribution in [3.05, 3.63) is 12.2 Å². The Morgan fingerprint density at radius 3 is 2.85 bits per heavy atom. The molecule has 0 aliphatic carbocycles. The number of fused-ring (bicyclic) bond motifs is 2. The Balaban J connectivity index is 2.36. The molecule has 0 aromatic heterocycles. The van der Waals surface area contributed by atoms with Gasteiger partial charge >= 0.3 is 0 Å². The van der Waals surface area contributed by atoms with Gasteiger partial charge in [0.05, 0.1) is 12.0 Å². The average Bonchev–Trinajstić information content (AvgIpc) is 2.55. The zero-order valence-corrected chi connectivity index (χ0v) is 8.93. The van der Waals surface area contributed by atoms with Crippen LogP contribution in [0.4, 0.5) is 0 Å². The highest BCUT2D eigenvalue weighted by atomic mass is 32.2. The van der Waals surface area contributed by atoms with Gasteiger partial charge in [-0.2, -0.15) is 0 Å². The van der Waals surface area contributed by atoms with Gasteiger partial charge < -0.3 is 4.74 Å². The third kappa shape index (κ3) is 1.10. The van der Waals surface area contributed by atoms with Crippen LogP contribution in [0.1, 0.15) is 13.8 Å². The summed E-state index contributed by atoms with van der Waals surface area (Å²) < 4.78 is 5.86. The molecule has 1 saturated heterocycles. The van der Waals surface area contributed by atoms with Gasteiger partial charge in [0, 0.05) is 5.92 Å². The molecule has 1 fully saturated rings. The predicted octanol–water partition coefficient (Wildman–Crippen LogP) is 1.86. The van der Waals surface area contributed by atoms with Crippen molar-refractivity contribution in [2.45, 2.75) is 24.9 Å². The van der Waals surface area contributed by atoms with Crippen molar-refractivity contribution < 1.29 is 9.53 Å². The molecule has 0 aromatic rings. The number of hydrogen-bond acceptors (Lipinski definition) is 3. The minimum atomic E-state index is -0.367. The molecule has 0 N–H and O–H groups in total. The third-order valence-corrected chi connectivity index (χ3v) is 4.35. The topological polar surface area (TPSA) is 26.3 Å². The number of hydrogen-bond donors (Lipinski definition) is 0. The number of thioether (sulfide) groups is 1. The number of carbonyl (C=O) groups excluding carboxylic acids is 1. The molecular weight excluding hydrogens is 184 g/mol. The van der Waals surface area contributed by atoms with Crippen LogP contribution in [0.15, 0.2) is 12.2 Å². The van der Waals surface area contributed by atoms with E-state index in [0.717, 1.165) is 0 Å². The Labute approximate surface area is 82.7 Å². The summed E-state index contributed by atoms with van der Waals surface area (Å²) in [6.07, 6.45) is 6.08. The predicted molar refractivity (Wildman–Crippen MR) is 53.6 cm³/mol. The molecule has 2 rings (SSSR count). The Hall–Kier alpha value is -0.280. The Morgan fingerprint density at radius 2 is 2.23 bits per heavy atom. The summed E-state index contributed by atoms with van der Waals surface area (Å²) >= 11 is 1.62. The second-order valence-corrected chi connectivity index (χ2v) is 4.83. The largest absolute Gasteiger partial charge is 0.352 e. The number of carbonyl (C=O) groups is 1. The van der Waals surface area contributed by atoms with E-state index in [2.05, 4.69) is 6.08 Å². The molecule has 2 bridgehead atoms. The van der Waals surface area contributed by atoms with Crippen molar-refractivity contribution in [3.8, 4) is 0 Å². The van der Waals surface area contributed by atoms with E-state index in [1.165, 1.54) is 0 Å². The van der Waals surface area contributed by atoms with Gasteiger partial charge in [-0.3, -0.25) is 4.79 Å². The van der Waals surface area contributed by atoms with Crippen LogP contribution in [0.2, 0.25) is 0 Å². The Bertz CT molecular complexity index is 274. The van der Waals surface area contributed by atoms with E-state index in [1.54, 1.807) is 11.8 Å². The van der Waals surface area contributed by atoms with E-state index in [4.69, 9.17) is 4.74 Å². The first-order valence-electron chi connectivity index (χ1n) is 4.57. The monoisotopic (exact) mass is 198 g/mol. The second kappa shape index (κ2) is 2.85. The molecular formula is C10H14O2S. The molecule has 0 saturated carbocycles. The van der Waals surface area contributed by atoms with Gasteiger partial charge in [0.25, 0.3) is 0 Å². The molecule has 72 valence electrons. The number of rotatable bonds is 1.